The average Bonchev–Trinajstić information content (AvgIpc) is 2.31. The highest BCUT2D eigenvalue weighted by molar-refractivity contribution is 9.11. The molecule has 0 N–H and O–H groups in total. The number of methoxy groups -OCH3 is 1. The van der Waals surface area contributed by atoms with E-state index in [-0.39, 0.29) is 0 Å². The molecule has 0 aliphatic rings. The lowest BCUT2D eigenvalue weighted by Crippen LogP contribution is -1.64. The van der Waals surface area contributed by atoms with E-state index in [1.807, 2.05) is 12.1 Å². The van der Waals surface area contributed by atoms with Crippen LogP contribution in [0.25, 0.3) is 6.08 Å². The Labute approximate surface area is 72.5 Å². The molecule has 0 atom stereocenters. The first kappa shape index (κ1) is 7.82. The fourth-order valence-electron chi connectivity index (χ4n) is 0.557. The van der Waals surface area contributed by atoms with E-state index in [1.165, 1.54) is 5.56 Å². The minimum Gasteiger partial charge on any atom is -0.504 e. The second-order valence-electron chi connectivity index (χ2n) is 1.72. The molecule has 0 radical (unpaired) electrons. The quantitative estimate of drug-likeness (QED) is 0.694. The van der Waals surface area contributed by atoms with Gasteiger partial charge in [0.1, 0.15) is 0 Å². The van der Waals surface area contributed by atoms with E-state index in [2.05, 4.69) is 21.3 Å². The van der Waals surface area contributed by atoms with E-state index in [0.717, 1.165) is 3.79 Å². The van der Waals surface area contributed by atoms with Crippen molar-refractivity contribution in [2.24, 2.45) is 0 Å². The zero-order chi connectivity index (χ0) is 7.40. The van der Waals surface area contributed by atoms with Crippen LogP contribution in [0.4, 0.5) is 0 Å². The van der Waals surface area contributed by atoms with Gasteiger partial charge in [-0.2, -0.15) is 0 Å². The Hall–Kier alpha value is -0.280. The summed E-state index contributed by atoms with van der Waals surface area (Å²) in [4.78, 5) is 0. The molecule has 0 spiro atoms. The monoisotopic (exact) mass is 218 g/mol. The van der Waals surface area contributed by atoms with E-state index in [4.69, 9.17) is 4.74 Å². The lowest BCUT2D eigenvalue weighted by Gasteiger charge is -1.83. The molecule has 1 nitrogen and oxygen atoms in total. The molecule has 0 amide bonds. The van der Waals surface area contributed by atoms with Crippen molar-refractivity contribution < 1.29 is 4.74 Å². The van der Waals surface area contributed by atoms with Gasteiger partial charge < -0.3 is 4.74 Å². The molecule has 54 valence electrons. The predicted octanol–water partition coefficient (Wildman–Crippen LogP) is 3.13. The van der Waals surface area contributed by atoms with Crippen molar-refractivity contribution in [2.45, 2.75) is 0 Å². The lowest BCUT2D eigenvalue weighted by molar-refractivity contribution is 0.341. The topological polar surface area (TPSA) is 9.23 Å². The van der Waals surface area contributed by atoms with Gasteiger partial charge >= 0.3 is 0 Å². The van der Waals surface area contributed by atoms with E-state index in [0.29, 0.717) is 0 Å². The molecule has 0 aliphatic heterocycles. The van der Waals surface area contributed by atoms with E-state index >= 15 is 0 Å². The third-order valence-corrected chi connectivity index (χ3v) is 2.51. The van der Waals surface area contributed by atoms with Gasteiger partial charge in [-0.25, -0.2) is 0 Å². The molecule has 1 heterocycles. The fraction of sp³-hybridized carbons (Fsp3) is 0.143. The molecule has 10 heavy (non-hydrogen) atoms. The lowest BCUT2D eigenvalue weighted by atomic mass is 10.3. The number of thiophene rings is 1. The number of hydrogen-bond donors (Lipinski definition) is 0. The van der Waals surface area contributed by atoms with E-state index in [1.54, 1.807) is 24.7 Å². The molecule has 0 unspecified atom stereocenters. The highest BCUT2D eigenvalue weighted by atomic mass is 79.9. The summed E-state index contributed by atoms with van der Waals surface area (Å²) in [6.07, 6.45) is 3.58. The Morgan fingerprint density at radius 1 is 1.70 bits per heavy atom. The highest BCUT2D eigenvalue weighted by Crippen LogP contribution is 2.21. The summed E-state index contributed by atoms with van der Waals surface area (Å²) in [5, 5.41) is 2.06. The predicted molar refractivity (Wildman–Crippen MR) is 48.1 cm³/mol. The van der Waals surface area contributed by atoms with Crippen LogP contribution >= 0.6 is 27.3 Å². The zero-order valence-corrected chi connectivity index (χ0v) is 7.91. The van der Waals surface area contributed by atoms with Crippen LogP contribution in [0.1, 0.15) is 5.56 Å². The van der Waals surface area contributed by atoms with Gasteiger partial charge in [0.15, 0.2) is 0 Å². The van der Waals surface area contributed by atoms with Gasteiger partial charge in [-0.3, -0.25) is 0 Å². The molecule has 0 saturated heterocycles. The molecule has 1 rings (SSSR count). The summed E-state index contributed by atoms with van der Waals surface area (Å²) in [5.41, 5.74) is 1.17. The van der Waals surface area contributed by atoms with Crippen LogP contribution < -0.4 is 0 Å². The number of ether oxygens (including phenoxy) is 1. The summed E-state index contributed by atoms with van der Waals surface area (Å²) in [7, 11) is 1.64. The SMILES string of the molecule is CO/C=C/c1csc(Br)c1. The third kappa shape index (κ3) is 2.15. The minimum absolute atomic E-state index is 1.14. The van der Waals surface area contributed by atoms with Gasteiger partial charge in [0, 0.05) is 0 Å². The van der Waals surface area contributed by atoms with Crippen LogP contribution in [0.5, 0.6) is 0 Å². The van der Waals surface area contributed by atoms with Crippen molar-refractivity contribution in [2.75, 3.05) is 7.11 Å². The van der Waals surface area contributed by atoms with Crippen molar-refractivity contribution in [3.05, 3.63) is 27.1 Å². The van der Waals surface area contributed by atoms with E-state index < -0.39 is 0 Å². The molecule has 0 bridgehead atoms. The number of rotatable bonds is 2. The van der Waals surface area contributed by atoms with Gasteiger partial charge in [0.05, 0.1) is 17.2 Å². The largest absolute Gasteiger partial charge is 0.504 e. The van der Waals surface area contributed by atoms with Crippen molar-refractivity contribution >= 4 is 33.3 Å². The van der Waals surface area contributed by atoms with Crippen LogP contribution in [0, 0.1) is 0 Å². The summed E-state index contributed by atoms with van der Waals surface area (Å²) in [6.45, 7) is 0. The molecule has 1 aromatic rings. The summed E-state index contributed by atoms with van der Waals surface area (Å²) < 4.78 is 5.91. The number of halogens is 1. The first-order chi connectivity index (χ1) is 4.83. The van der Waals surface area contributed by atoms with Gasteiger partial charge in [0.2, 0.25) is 0 Å². The minimum atomic E-state index is 1.14. The summed E-state index contributed by atoms with van der Waals surface area (Å²) >= 11 is 5.03. The molecular weight excluding hydrogens is 212 g/mol. The normalized spacial score (nSPS) is 10.6. The van der Waals surface area contributed by atoms with Gasteiger partial charge in [0.25, 0.3) is 0 Å². The van der Waals surface area contributed by atoms with Crippen LogP contribution in [0.2, 0.25) is 0 Å². The molecule has 0 fully saturated rings. The molecule has 0 aliphatic carbocycles. The highest BCUT2D eigenvalue weighted by Gasteiger charge is 1.90. The van der Waals surface area contributed by atoms with Crippen molar-refractivity contribution in [1.29, 1.82) is 0 Å². The van der Waals surface area contributed by atoms with Crippen LogP contribution in [-0.2, 0) is 4.74 Å². The average molecular weight is 219 g/mol. The second-order valence-corrected chi connectivity index (χ2v) is 4.01. The van der Waals surface area contributed by atoms with Crippen LogP contribution in [-0.4, -0.2) is 7.11 Å². The molecular formula is C7H7BrOS. The Kier molecular flexibility index (Phi) is 2.96. The second kappa shape index (κ2) is 3.78. The van der Waals surface area contributed by atoms with Crippen LogP contribution in [0.15, 0.2) is 21.5 Å². The summed E-state index contributed by atoms with van der Waals surface area (Å²) in [5.74, 6) is 0. The Bertz CT molecular complexity index is 229. The zero-order valence-electron chi connectivity index (χ0n) is 5.50. The molecule has 0 aromatic carbocycles. The maximum atomic E-state index is 4.76. The van der Waals surface area contributed by atoms with Crippen molar-refractivity contribution in [3.63, 3.8) is 0 Å². The van der Waals surface area contributed by atoms with Crippen molar-refractivity contribution in [1.82, 2.24) is 0 Å². The standard InChI is InChI=1S/C7H7BrOS/c1-9-3-2-6-4-7(8)10-5-6/h2-5H,1H3/b3-2+. The molecule has 1 aromatic heterocycles. The molecule has 0 saturated carbocycles. The van der Waals surface area contributed by atoms with Gasteiger partial charge in [-0.05, 0) is 39.0 Å². The fourth-order valence-corrected chi connectivity index (χ4v) is 1.70. The maximum Gasteiger partial charge on any atom is 0.0830 e. The van der Waals surface area contributed by atoms with E-state index in [9.17, 15) is 0 Å². The maximum absolute atomic E-state index is 4.76. The Morgan fingerprint density at radius 2 is 2.50 bits per heavy atom. The first-order valence-corrected chi connectivity index (χ1v) is 4.43. The third-order valence-electron chi connectivity index (χ3n) is 0.984. The van der Waals surface area contributed by atoms with Gasteiger partial charge in [-0.1, -0.05) is 0 Å². The van der Waals surface area contributed by atoms with Gasteiger partial charge in [-0.15, -0.1) is 11.3 Å². The van der Waals surface area contributed by atoms with Crippen molar-refractivity contribution in [3.8, 4) is 0 Å². The number of hydrogen-bond acceptors (Lipinski definition) is 2. The van der Waals surface area contributed by atoms with Crippen LogP contribution in [0.3, 0.4) is 0 Å². The summed E-state index contributed by atoms with van der Waals surface area (Å²) in [6, 6.07) is 2.04. The first-order valence-electron chi connectivity index (χ1n) is 2.76. The Balaban J connectivity index is 2.67. The Morgan fingerprint density at radius 3 is 3.00 bits per heavy atom. The molecule has 3 heteroatoms. The smallest absolute Gasteiger partial charge is 0.0830 e.